The van der Waals surface area contributed by atoms with E-state index in [1.807, 2.05) is 42.0 Å². The molecule has 9 heterocycles. The highest BCUT2D eigenvalue weighted by atomic mass is 32.1. The number of aryl methyl sites for hydroxylation is 2. The maximum absolute atomic E-state index is 15.1. The molecule has 402 valence electrons. The molecule has 9 rings (SSSR count). The number of thiazole rings is 2. The van der Waals surface area contributed by atoms with Crippen molar-refractivity contribution >= 4 is 110 Å². The second kappa shape index (κ2) is 25.1. The Bertz CT molecular complexity index is 2990. The van der Waals surface area contributed by atoms with E-state index in [9.17, 15) is 14.4 Å². The molecule has 6 aromatic rings. The summed E-state index contributed by atoms with van der Waals surface area (Å²) in [6.45, 7) is 19.0. The van der Waals surface area contributed by atoms with Crippen molar-refractivity contribution in [1.29, 1.82) is 0 Å². The van der Waals surface area contributed by atoms with Gasteiger partial charge in [0.25, 0.3) is 23.6 Å². The summed E-state index contributed by atoms with van der Waals surface area (Å²) in [6, 6.07) is 7.62. The molecular weight excluding hydrogens is 1060 g/mol. The first-order valence-corrected chi connectivity index (χ1v) is 36.0. The van der Waals surface area contributed by atoms with Crippen LogP contribution in [0.1, 0.15) is 221 Å². The zero-order valence-electron chi connectivity index (χ0n) is 45.8. The Morgan fingerprint density at radius 2 is 0.880 bits per heavy atom. The second-order valence-corrected chi connectivity index (χ2v) is 32.3. The third-order valence-electron chi connectivity index (χ3n) is 16.3. The van der Waals surface area contributed by atoms with Gasteiger partial charge in [0.05, 0.1) is 46.6 Å². The van der Waals surface area contributed by atoms with E-state index in [0.717, 1.165) is 87.2 Å². The van der Waals surface area contributed by atoms with E-state index in [4.69, 9.17) is 9.97 Å². The van der Waals surface area contributed by atoms with Crippen LogP contribution in [-0.4, -0.2) is 64.6 Å². The van der Waals surface area contributed by atoms with Crippen molar-refractivity contribution in [2.75, 3.05) is 13.1 Å². The van der Waals surface area contributed by atoms with Crippen molar-refractivity contribution in [3.05, 3.63) is 56.5 Å². The molecule has 0 aromatic carbocycles. The molecule has 0 radical (unpaired) electrons. The fraction of sp³-hybridized carbons (Fsp3) is 0.567. The number of aromatic nitrogens is 2. The molecule has 3 aliphatic heterocycles. The molecule has 0 fully saturated rings. The lowest BCUT2D eigenvalue weighted by atomic mass is 10.0. The number of carbonyl (C=O) groups is 4. The maximum Gasteiger partial charge on any atom is 0.263 e. The number of unbranched alkanes of at least 4 members (excludes halogenated alkanes) is 12. The smallest absolute Gasteiger partial charge is 0.263 e. The van der Waals surface area contributed by atoms with Crippen LogP contribution in [0, 0.1) is 25.7 Å². The number of thiophene rings is 4. The van der Waals surface area contributed by atoms with E-state index in [0.29, 0.717) is 61.9 Å². The van der Waals surface area contributed by atoms with Gasteiger partial charge in [-0.05, 0) is 73.1 Å². The molecule has 6 aromatic heterocycles. The lowest BCUT2D eigenvalue weighted by Crippen LogP contribution is -2.56. The van der Waals surface area contributed by atoms with E-state index in [2.05, 4.69) is 60.6 Å². The molecule has 3 aliphatic rings. The molecule has 0 bridgehead atoms. The molecule has 0 saturated heterocycles. The van der Waals surface area contributed by atoms with Crippen LogP contribution in [0.15, 0.2) is 24.5 Å². The largest absolute Gasteiger partial charge is 0.274 e. The van der Waals surface area contributed by atoms with Gasteiger partial charge in [-0.1, -0.05) is 157 Å². The van der Waals surface area contributed by atoms with Crippen molar-refractivity contribution in [3.8, 4) is 49.0 Å². The van der Waals surface area contributed by atoms with Gasteiger partial charge < -0.3 is 0 Å². The Kier molecular flexibility index (Phi) is 18.9. The van der Waals surface area contributed by atoms with Gasteiger partial charge in [-0.25, -0.2) is 9.97 Å². The summed E-state index contributed by atoms with van der Waals surface area (Å²) >= 11 is 9.79. The lowest BCUT2D eigenvalue weighted by molar-refractivity contribution is 0.0636. The summed E-state index contributed by atoms with van der Waals surface area (Å²) in [4.78, 5) is 81.8. The third-order valence-corrected chi connectivity index (χ3v) is 29.3. The number of carbonyl (C=O) groups excluding carboxylic acids is 4. The highest BCUT2D eigenvalue weighted by Crippen LogP contribution is 2.54. The van der Waals surface area contributed by atoms with E-state index >= 15 is 4.79 Å². The number of amides is 4. The first-order valence-electron chi connectivity index (χ1n) is 28.6. The van der Waals surface area contributed by atoms with Gasteiger partial charge in [0.15, 0.2) is 0 Å². The minimum atomic E-state index is -2.29. The molecule has 75 heavy (non-hydrogen) atoms. The van der Waals surface area contributed by atoms with Crippen molar-refractivity contribution in [1.82, 2.24) is 19.8 Å². The summed E-state index contributed by atoms with van der Waals surface area (Å²) in [7, 11) is -2.29. The number of hydrogen-bond acceptors (Lipinski definition) is 12. The predicted molar refractivity (Wildman–Crippen MR) is 325 cm³/mol. The standard InChI is InChI=1S/C60H78N4O4S6Si/c1-9-15-19-21-23-25-29-63-57(65)45-46(58(63)66)50(42-34-62-56(72-42)54-48-47(53(74-54)55-61-33-38(8)70-55)59(67)64(60(48)68)30-26-24-22-20-16-10-2)73-49(45)41-32-44-52(71-41)51-43(31-37(7)69-51)75(44,35-39(13-5)27-17-11-3)36-40(14-6)28-18-12-4/h31-34,39-40H,9-30,35-36H2,1-8H3. The Balaban J connectivity index is 1.14. The normalized spacial score (nSPS) is 16.7. The van der Waals surface area contributed by atoms with E-state index in [1.54, 1.807) is 21.7 Å². The molecule has 0 saturated carbocycles. The fourth-order valence-corrected chi connectivity index (χ4v) is 27.1. The molecule has 4 amide bonds. The lowest BCUT2D eigenvalue weighted by Gasteiger charge is -2.35. The van der Waals surface area contributed by atoms with Crippen LogP contribution in [-0.2, 0) is 0 Å². The topological polar surface area (TPSA) is 101 Å². The molecule has 2 unspecified atom stereocenters. The van der Waals surface area contributed by atoms with Crippen LogP contribution in [0.5, 0.6) is 0 Å². The molecule has 0 aliphatic carbocycles. The zero-order chi connectivity index (χ0) is 53.0. The van der Waals surface area contributed by atoms with Gasteiger partial charge in [0.1, 0.15) is 18.1 Å². The van der Waals surface area contributed by atoms with Crippen LogP contribution < -0.4 is 10.4 Å². The first kappa shape index (κ1) is 56.3. The first-order chi connectivity index (χ1) is 36.4. The van der Waals surface area contributed by atoms with E-state index < -0.39 is 8.07 Å². The average Bonchev–Trinajstić information content (AvgIpc) is 4.29. The highest BCUT2D eigenvalue weighted by Gasteiger charge is 2.51. The van der Waals surface area contributed by atoms with Gasteiger partial charge in [-0.2, -0.15) is 0 Å². The molecule has 2 atom stereocenters. The third kappa shape index (κ3) is 11.1. The minimum Gasteiger partial charge on any atom is -0.274 e. The van der Waals surface area contributed by atoms with E-state index in [1.165, 1.54) is 141 Å². The fourth-order valence-electron chi connectivity index (χ4n) is 12.1. The molecule has 0 N–H and O–H groups in total. The summed E-state index contributed by atoms with van der Waals surface area (Å²) < 4.78 is 0. The van der Waals surface area contributed by atoms with Crippen molar-refractivity contribution in [3.63, 3.8) is 0 Å². The monoisotopic (exact) mass is 1140 g/mol. The van der Waals surface area contributed by atoms with Gasteiger partial charge in [-0.15, -0.1) is 68.0 Å². The van der Waals surface area contributed by atoms with Crippen LogP contribution in [0.2, 0.25) is 12.1 Å². The maximum atomic E-state index is 15.1. The number of imide groups is 2. The van der Waals surface area contributed by atoms with Crippen molar-refractivity contribution in [2.45, 2.75) is 196 Å². The molecule has 8 nitrogen and oxygen atoms in total. The molecular formula is C60H78N4O4S6Si. The van der Waals surface area contributed by atoms with Crippen LogP contribution in [0.3, 0.4) is 0 Å². The van der Waals surface area contributed by atoms with Gasteiger partial charge in [-0.3, -0.25) is 29.0 Å². The van der Waals surface area contributed by atoms with Crippen LogP contribution in [0.4, 0.5) is 0 Å². The number of rotatable bonds is 30. The Morgan fingerprint density at radius 3 is 1.39 bits per heavy atom. The molecule has 0 spiro atoms. The summed E-state index contributed by atoms with van der Waals surface area (Å²) in [5, 5.41) is 4.59. The van der Waals surface area contributed by atoms with Crippen molar-refractivity contribution in [2.24, 2.45) is 11.8 Å². The van der Waals surface area contributed by atoms with E-state index in [-0.39, 0.29) is 23.6 Å². The Hall–Kier alpha value is -3.44. The Labute approximate surface area is 471 Å². The molecule has 15 heteroatoms. The number of fused-ring (bicyclic) bond motifs is 5. The number of hydrogen-bond donors (Lipinski definition) is 0. The quantitative estimate of drug-likeness (QED) is 0.0253. The highest BCUT2D eigenvalue weighted by molar-refractivity contribution is 7.33. The van der Waals surface area contributed by atoms with Gasteiger partial charge >= 0.3 is 0 Å². The summed E-state index contributed by atoms with van der Waals surface area (Å²) in [5.41, 5.74) is 1.89. The zero-order valence-corrected chi connectivity index (χ0v) is 51.7. The van der Waals surface area contributed by atoms with Crippen molar-refractivity contribution < 1.29 is 19.2 Å². The average molecular weight is 1140 g/mol. The Morgan fingerprint density at radius 1 is 0.440 bits per heavy atom. The SMILES string of the molecule is CCCCCCCCN1C(=O)c2c(-c3cnc(-c4sc(-c5ncc(C)s5)c5c4C(=O)N(CCCCCCCC)C5=O)s3)sc(-c3cc4c(s3)-c3sc(C)cc3[Si]4(CC(CC)CCCC)CC(CC)CCCC)c2C1=O. The minimum absolute atomic E-state index is 0.180. The number of nitrogens with zero attached hydrogens (tertiary/aromatic N) is 4. The second-order valence-electron chi connectivity index (χ2n) is 21.7. The van der Waals surface area contributed by atoms with Gasteiger partial charge in [0.2, 0.25) is 0 Å². The summed E-state index contributed by atoms with van der Waals surface area (Å²) in [5.74, 6) is 0.418. The van der Waals surface area contributed by atoms with Crippen LogP contribution >= 0.6 is 68.0 Å². The van der Waals surface area contributed by atoms with Crippen LogP contribution in [0.25, 0.3) is 49.0 Å². The summed E-state index contributed by atoms with van der Waals surface area (Å²) in [6.07, 6.45) is 26.2. The predicted octanol–water partition coefficient (Wildman–Crippen LogP) is 18.0. The van der Waals surface area contributed by atoms with Gasteiger partial charge in [0, 0.05) is 49.9 Å².